The molecule has 4 nitrogen and oxygen atoms in total. The SMILES string of the molecule is COC(=O)C(NC(=O)Cc1ccccc1F)c1ccccc1. The van der Waals surface area contributed by atoms with Crippen molar-refractivity contribution in [2.45, 2.75) is 12.5 Å². The fourth-order valence-corrected chi connectivity index (χ4v) is 2.07. The molecule has 0 heterocycles. The number of benzene rings is 2. The molecule has 0 aliphatic rings. The van der Waals surface area contributed by atoms with Crippen LogP contribution >= 0.6 is 0 Å². The Morgan fingerprint density at radius 1 is 1.09 bits per heavy atom. The van der Waals surface area contributed by atoms with E-state index in [0.717, 1.165) is 0 Å². The highest BCUT2D eigenvalue weighted by Crippen LogP contribution is 2.15. The lowest BCUT2D eigenvalue weighted by atomic mass is 10.1. The first-order chi connectivity index (χ1) is 10.6. The number of nitrogens with one attached hydrogen (secondary N) is 1. The Balaban J connectivity index is 2.12. The standard InChI is InChI=1S/C17H16FNO3/c1-22-17(21)16(12-7-3-2-4-8-12)19-15(20)11-13-9-5-6-10-14(13)18/h2-10,16H,11H2,1H3,(H,19,20). The highest BCUT2D eigenvalue weighted by molar-refractivity contribution is 5.86. The Bertz CT molecular complexity index is 658. The second-order valence-electron chi connectivity index (χ2n) is 4.70. The van der Waals surface area contributed by atoms with E-state index in [4.69, 9.17) is 4.74 Å². The van der Waals surface area contributed by atoms with Gasteiger partial charge in [-0.2, -0.15) is 0 Å². The van der Waals surface area contributed by atoms with Gasteiger partial charge in [-0.3, -0.25) is 4.79 Å². The van der Waals surface area contributed by atoms with Gasteiger partial charge in [0.05, 0.1) is 13.5 Å². The predicted molar refractivity (Wildman–Crippen MR) is 79.4 cm³/mol. The van der Waals surface area contributed by atoms with Crippen molar-refractivity contribution in [3.63, 3.8) is 0 Å². The third-order valence-electron chi connectivity index (χ3n) is 3.18. The number of hydrogen-bond donors (Lipinski definition) is 1. The normalized spacial score (nSPS) is 11.5. The summed E-state index contributed by atoms with van der Waals surface area (Å²) in [5.41, 5.74) is 0.882. The number of carbonyl (C=O) groups excluding carboxylic acids is 2. The molecule has 2 aromatic rings. The third-order valence-corrected chi connectivity index (χ3v) is 3.18. The third kappa shape index (κ3) is 3.91. The van der Waals surface area contributed by atoms with Crippen molar-refractivity contribution in [3.8, 4) is 0 Å². The average molecular weight is 301 g/mol. The van der Waals surface area contributed by atoms with E-state index in [1.54, 1.807) is 42.5 Å². The van der Waals surface area contributed by atoms with Gasteiger partial charge in [-0.25, -0.2) is 9.18 Å². The molecule has 0 fully saturated rings. The maximum atomic E-state index is 13.6. The van der Waals surface area contributed by atoms with Crippen LogP contribution in [0.25, 0.3) is 0 Å². The summed E-state index contributed by atoms with van der Waals surface area (Å²) in [6, 6.07) is 13.9. The van der Waals surface area contributed by atoms with Gasteiger partial charge in [0, 0.05) is 0 Å². The molecular formula is C17H16FNO3. The van der Waals surface area contributed by atoms with Crippen LogP contribution in [-0.2, 0) is 20.7 Å². The first kappa shape index (κ1) is 15.7. The lowest BCUT2D eigenvalue weighted by molar-refractivity contribution is -0.145. The first-order valence-electron chi connectivity index (χ1n) is 6.77. The fraction of sp³-hybridized carbons (Fsp3) is 0.176. The first-order valence-corrected chi connectivity index (χ1v) is 6.77. The van der Waals surface area contributed by atoms with Crippen molar-refractivity contribution in [2.24, 2.45) is 0 Å². The van der Waals surface area contributed by atoms with E-state index >= 15 is 0 Å². The van der Waals surface area contributed by atoms with Crippen LogP contribution in [0.3, 0.4) is 0 Å². The maximum absolute atomic E-state index is 13.6. The van der Waals surface area contributed by atoms with Gasteiger partial charge in [0.2, 0.25) is 5.91 Å². The zero-order valence-corrected chi connectivity index (χ0v) is 12.1. The highest BCUT2D eigenvalue weighted by Gasteiger charge is 2.23. The summed E-state index contributed by atoms with van der Waals surface area (Å²) in [5, 5.41) is 2.58. The molecule has 22 heavy (non-hydrogen) atoms. The van der Waals surface area contributed by atoms with Crippen LogP contribution in [0, 0.1) is 5.82 Å². The summed E-state index contributed by atoms with van der Waals surface area (Å²) in [5.74, 6) is -1.48. The molecule has 1 atom stereocenters. The zero-order chi connectivity index (χ0) is 15.9. The molecule has 0 aliphatic carbocycles. The Labute approximate surface area is 127 Å². The van der Waals surface area contributed by atoms with Crippen molar-refractivity contribution in [1.29, 1.82) is 0 Å². The van der Waals surface area contributed by atoms with Crippen molar-refractivity contribution in [3.05, 3.63) is 71.5 Å². The van der Waals surface area contributed by atoms with Gasteiger partial charge in [0.25, 0.3) is 0 Å². The molecule has 0 saturated heterocycles. The van der Waals surface area contributed by atoms with Gasteiger partial charge >= 0.3 is 5.97 Å². The average Bonchev–Trinajstić information content (AvgIpc) is 2.55. The molecule has 1 unspecified atom stereocenters. The van der Waals surface area contributed by atoms with Crippen LogP contribution in [0.15, 0.2) is 54.6 Å². The number of carbonyl (C=O) groups is 2. The largest absolute Gasteiger partial charge is 0.467 e. The van der Waals surface area contributed by atoms with E-state index in [1.165, 1.54) is 19.2 Å². The summed E-state index contributed by atoms with van der Waals surface area (Å²) in [6.07, 6.45) is -0.146. The molecule has 5 heteroatoms. The number of methoxy groups -OCH3 is 1. The molecule has 1 N–H and O–H groups in total. The minimum atomic E-state index is -0.912. The Morgan fingerprint density at radius 3 is 2.36 bits per heavy atom. The van der Waals surface area contributed by atoms with Crippen LogP contribution in [0.2, 0.25) is 0 Å². The Kier molecular flexibility index (Phi) is 5.25. The van der Waals surface area contributed by atoms with E-state index < -0.39 is 23.7 Å². The van der Waals surface area contributed by atoms with Crippen LogP contribution in [0.5, 0.6) is 0 Å². The minimum absolute atomic E-state index is 0.146. The molecule has 0 bridgehead atoms. The van der Waals surface area contributed by atoms with Gasteiger partial charge in [0.1, 0.15) is 5.82 Å². The molecule has 0 aliphatic heterocycles. The van der Waals surface area contributed by atoms with Crippen LogP contribution in [0.4, 0.5) is 4.39 Å². The van der Waals surface area contributed by atoms with Crippen LogP contribution < -0.4 is 5.32 Å². The number of ether oxygens (including phenoxy) is 1. The second kappa shape index (κ2) is 7.36. The molecule has 114 valence electrons. The molecule has 0 aromatic heterocycles. The monoisotopic (exact) mass is 301 g/mol. The number of rotatable bonds is 5. The molecular weight excluding hydrogens is 285 g/mol. The van der Waals surface area contributed by atoms with Crippen molar-refractivity contribution >= 4 is 11.9 Å². The zero-order valence-electron chi connectivity index (χ0n) is 12.1. The molecule has 0 spiro atoms. The lowest BCUT2D eigenvalue weighted by Gasteiger charge is -2.17. The maximum Gasteiger partial charge on any atom is 0.333 e. The minimum Gasteiger partial charge on any atom is -0.467 e. The number of esters is 1. The van der Waals surface area contributed by atoms with Crippen LogP contribution in [-0.4, -0.2) is 19.0 Å². The molecule has 2 aromatic carbocycles. The van der Waals surface area contributed by atoms with Gasteiger partial charge in [-0.15, -0.1) is 0 Å². The van der Waals surface area contributed by atoms with E-state index in [2.05, 4.69) is 5.32 Å². The van der Waals surface area contributed by atoms with Gasteiger partial charge in [0.15, 0.2) is 6.04 Å². The van der Waals surface area contributed by atoms with Gasteiger partial charge in [-0.1, -0.05) is 48.5 Å². The summed E-state index contributed by atoms with van der Waals surface area (Å²) in [4.78, 5) is 23.9. The van der Waals surface area contributed by atoms with Crippen molar-refractivity contribution in [1.82, 2.24) is 5.32 Å². The Hall–Kier alpha value is -2.69. The number of halogens is 1. The summed E-state index contributed by atoms with van der Waals surface area (Å²) < 4.78 is 18.3. The molecule has 0 saturated carbocycles. The van der Waals surface area contributed by atoms with E-state index in [-0.39, 0.29) is 12.0 Å². The fourth-order valence-electron chi connectivity index (χ4n) is 2.07. The smallest absolute Gasteiger partial charge is 0.333 e. The summed E-state index contributed by atoms with van der Waals surface area (Å²) in [6.45, 7) is 0. The van der Waals surface area contributed by atoms with Crippen LogP contribution in [0.1, 0.15) is 17.2 Å². The lowest BCUT2D eigenvalue weighted by Crippen LogP contribution is -2.35. The summed E-state index contributed by atoms with van der Waals surface area (Å²) in [7, 11) is 1.25. The number of amides is 1. The van der Waals surface area contributed by atoms with Gasteiger partial charge < -0.3 is 10.1 Å². The molecule has 0 radical (unpaired) electrons. The second-order valence-corrected chi connectivity index (χ2v) is 4.70. The van der Waals surface area contributed by atoms with Crippen molar-refractivity contribution < 1.29 is 18.7 Å². The Morgan fingerprint density at radius 2 is 1.73 bits per heavy atom. The van der Waals surface area contributed by atoms with E-state index in [9.17, 15) is 14.0 Å². The van der Waals surface area contributed by atoms with E-state index in [1.807, 2.05) is 0 Å². The topological polar surface area (TPSA) is 55.4 Å². The number of hydrogen-bond acceptors (Lipinski definition) is 3. The van der Waals surface area contributed by atoms with E-state index in [0.29, 0.717) is 5.56 Å². The van der Waals surface area contributed by atoms with Gasteiger partial charge in [-0.05, 0) is 17.2 Å². The molecule has 2 rings (SSSR count). The molecule has 1 amide bonds. The quantitative estimate of drug-likeness (QED) is 0.863. The summed E-state index contributed by atoms with van der Waals surface area (Å²) >= 11 is 0. The highest BCUT2D eigenvalue weighted by atomic mass is 19.1. The predicted octanol–water partition coefficient (Wildman–Crippen LogP) is 2.40. The van der Waals surface area contributed by atoms with Crippen molar-refractivity contribution in [2.75, 3.05) is 7.11 Å².